The molecule has 0 saturated carbocycles. The van der Waals surface area contributed by atoms with Gasteiger partial charge < -0.3 is 20.0 Å². The number of piperidine rings is 1. The van der Waals surface area contributed by atoms with Crippen LogP contribution in [-0.2, 0) is 11.3 Å². The van der Waals surface area contributed by atoms with Gasteiger partial charge in [0.25, 0.3) is 11.8 Å². The molecule has 1 aromatic heterocycles. The molecule has 8 heteroatoms. The number of halogens is 1. The van der Waals surface area contributed by atoms with Crippen molar-refractivity contribution >= 4 is 17.7 Å². The van der Waals surface area contributed by atoms with Gasteiger partial charge >= 0.3 is 0 Å². The van der Waals surface area contributed by atoms with E-state index in [1.807, 2.05) is 6.07 Å². The molecule has 3 amide bonds. The third kappa shape index (κ3) is 5.70. The van der Waals surface area contributed by atoms with Crippen LogP contribution in [0.25, 0.3) is 0 Å². The van der Waals surface area contributed by atoms with Crippen LogP contribution in [0.1, 0.15) is 39.3 Å². The summed E-state index contributed by atoms with van der Waals surface area (Å²) in [4.78, 5) is 40.4. The van der Waals surface area contributed by atoms with Crippen LogP contribution >= 0.6 is 0 Å². The summed E-state index contributed by atoms with van der Waals surface area (Å²) < 4.78 is 18.5. The maximum absolute atomic E-state index is 13.2. The lowest BCUT2D eigenvalue weighted by atomic mass is 9.88. The number of hydrogen-bond acceptors (Lipinski definition) is 4. The molecule has 0 spiro atoms. The first-order chi connectivity index (χ1) is 16.5. The number of likely N-dealkylation sites (tertiary alicyclic amines) is 1. The van der Waals surface area contributed by atoms with Gasteiger partial charge in [-0.1, -0.05) is 18.2 Å². The summed E-state index contributed by atoms with van der Waals surface area (Å²) >= 11 is 0. The van der Waals surface area contributed by atoms with Crippen molar-refractivity contribution in [2.24, 2.45) is 5.92 Å². The van der Waals surface area contributed by atoms with Crippen molar-refractivity contribution < 1.29 is 23.2 Å². The van der Waals surface area contributed by atoms with Gasteiger partial charge in [-0.25, -0.2) is 4.39 Å². The predicted molar refractivity (Wildman–Crippen MR) is 123 cm³/mol. The van der Waals surface area contributed by atoms with Crippen molar-refractivity contribution in [3.05, 3.63) is 95.7 Å². The lowest BCUT2D eigenvalue weighted by molar-refractivity contribution is -0.124. The zero-order valence-corrected chi connectivity index (χ0v) is 18.6. The molecule has 176 valence electrons. The molecule has 1 fully saturated rings. The van der Waals surface area contributed by atoms with Crippen molar-refractivity contribution in [1.82, 2.24) is 15.5 Å². The van der Waals surface area contributed by atoms with Gasteiger partial charge in [-0.2, -0.15) is 0 Å². The number of nitrogens with zero attached hydrogens (tertiary/aromatic N) is 1. The van der Waals surface area contributed by atoms with Gasteiger partial charge in [-0.15, -0.1) is 0 Å². The van der Waals surface area contributed by atoms with E-state index in [1.165, 1.54) is 30.5 Å². The maximum atomic E-state index is 13.2. The Hall–Kier alpha value is -3.94. The fourth-order valence-corrected chi connectivity index (χ4v) is 4.12. The molecule has 0 aliphatic carbocycles. The van der Waals surface area contributed by atoms with Gasteiger partial charge in [0.15, 0.2) is 0 Å². The average Bonchev–Trinajstić information content (AvgIpc) is 3.40. The quantitative estimate of drug-likeness (QED) is 0.562. The Kier molecular flexibility index (Phi) is 7.37. The van der Waals surface area contributed by atoms with Crippen molar-refractivity contribution in [1.29, 1.82) is 0 Å². The number of benzene rings is 2. The number of carbonyl (C=O) groups is 3. The molecule has 1 aliphatic rings. The van der Waals surface area contributed by atoms with Crippen molar-refractivity contribution in [3.63, 3.8) is 0 Å². The minimum Gasteiger partial charge on any atom is -0.467 e. The van der Waals surface area contributed by atoms with Gasteiger partial charge in [-0.3, -0.25) is 14.4 Å². The smallest absolute Gasteiger partial charge is 0.253 e. The lowest BCUT2D eigenvalue weighted by Crippen LogP contribution is -2.53. The van der Waals surface area contributed by atoms with Crippen LogP contribution in [-0.4, -0.2) is 41.8 Å². The fourth-order valence-electron chi connectivity index (χ4n) is 4.12. The van der Waals surface area contributed by atoms with Gasteiger partial charge in [-0.05, 0) is 67.3 Å². The van der Waals surface area contributed by atoms with Gasteiger partial charge in [0.2, 0.25) is 5.91 Å². The van der Waals surface area contributed by atoms with Crippen LogP contribution in [0.3, 0.4) is 0 Å². The first-order valence-corrected chi connectivity index (χ1v) is 11.2. The number of furan rings is 1. The normalized spacial score (nSPS) is 14.9. The largest absolute Gasteiger partial charge is 0.467 e. The first kappa shape index (κ1) is 23.2. The van der Waals surface area contributed by atoms with E-state index in [9.17, 15) is 18.8 Å². The van der Waals surface area contributed by atoms with Gasteiger partial charge in [0.1, 0.15) is 17.6 Å². The molecule has 1 atom stereocenters. The van der Waals surface area contributed by atoms with Crippen molar-refractivity contribution in [2.45, 2.75) is 25.4 Å². The molecule has 7 nitrogen and oxygen atoms in total. The van der Waals surface area contributed by atoms with Crippen LogP contribution in [0, 0.1) is 11.7 Å². The zero-order chi connectivity index (χ0) is 23.9. The molecule has 1 aliphatic heterocycles. The second-order valence-electron chi connectivity index (χ2n) is 8.25. The number of amides is 3. The summed E-state index contributed by atoms with van der Waals surface area (Å²) in [7, 11) is 0. The van der Waals surface area contributed by atoms with E-state index in [-0.39, 0.29) is 30.2 Å². The molecule has 34 heavy (non-hydrogen) atoms. The number of rotatable bonds is 7. The fraction of sp³-hybridized carbons (Fsp3) is 0.269. The highest BCUT2D eigenvalue weighted by atomic mass is 19.1. The minimum atomic E-state index is -0.759. The molecule has 0 radical (unpaired) electrons. The topological polar surface area (TPSA) is 91.7 Å². The molecular weight excluding hydrogens is 437 g/mol. The highest BCUT2D eigenvalue weighted by Gasteiger charge is 2.34. The monoisotopic (exact) mass is 463 g/mol. The summed E-state index contributed by atoms with van der Waals surface area (Å²) in [5, 5.41) is 5.73. The third-order valence-electron chi connectivity index (χ3n) is 6.01. The summed E-state index contributed by atoms with van der Waals surface area (Å²) in [5.74, 6) is -0.742. The van der Waals surface area contributed by atoms with Crippen molar-refractivity contribution in [2.75, 3.05) is 13.1 Å². The van der Waals surface area contributed by atoms with Gasteiger partial charge in [0.05, 0.1) is 12.8 Å². The van der Waals surface area contributed by atoms with E-state index in [0.29, 0.717) is 42.8 Å². The van der Waals surface area contributed by atoms with E-state index in [1.54, 1.807) is 41.3 Å². The van der Waals surface area contributed by atoms with E-state index in [4.69, 9.17) is 4.42 Å². The SMILES string of the molecule is O=C(N[C@H](C(=O)NCc1ccco1)C1CCN(C(=O)c2ccc(F)cc2)CC1)c1ccccc1. The van der Waals surface area contributed by atoms with E-state index >= 15 is 0 Å². The molecule has 1 saturated heterocycles. The summed E-state index contributed by atoms with van der Waals surface area (Å²) in [5.41, 5.74) is 0.889. The number of hydrogen-bond donors (Lipinski definition) is 2. The van der Waals surface area contributed by atoms with E-state index in [0.717, 1.165) is 0 Å². The van der Waals surface area contributed by atoms with E-state index in [2.05, 4.69) is 10.6 Å². The maximum Gasteiger partial charge on any atom is 0.253 e. The minimum absolute atomic E-state index is 0.151. The molecule has 2 N–H and O–H groups in total. The van der Waals surface area contributed by atoms with Crippen LogP contribution in [0.5, 0.6) is 0 Å². The van der Waals surface area contributed by atoms with Crippen LogP contribution < -0.4 is 10.6 Å². The molecule has 2 heterocycles. The molecule has 3 aromatic rings. The third-order valence-corrected chi connectivity index (χ3v) is 6.01. The average molecular weight is 464 g/mol. The Morgan fingerprint density at radius 1 is 0.941 bits per heavy atom. The number of nitrogens with one attached hydrogen (secondary N) is 2. The highest BCUT2D eigenvalue weighted by Crippen LogP contribution is 2.23. The van der Waals surface area contributed by atoms with Crippen LogP contribution in [0.15, 0.2) is 77.4 Å². The van der Waals surface area contributed by atoms with E-state index < -0.39 is 11.9 Å². The predicted octanol–water partition coefficient (Wildman–Crippen LogP) is 3.39. The second-order valence-corrected chi connectivity index (χ2v) is 8.25. The molecule has 4 rings (SSSR count). The molecule has 2 aromatic carbocycles. The molecule has 0 bridgehead atoms. The first-order valence-electron chi connectivity index (χ1n) is 11.2. The Labute approximate surface area is 196 Å². The summed E-state index contributed by atoms with van der Waals surface area (Å²) in [6.07, 6.45) is 2.62. The summed E-state index contributed by atoms with van der Waals surface area (Å²) in [6, 6.07) is 16.9. The Morgan fingerprint density at radius 3 is 2.29 bits per heavy atom. The standard InChI is InChI=1S/C26H26FN3O4/c27-21-10-8-20(9-11-21)26(33)30-14-12-18(13-15-30)23(25(32)28-17-22-7-4-16-34-22)29-24(31)19-5-2-1-3-6-19/h1-11,16,18,23H,12-15,17H2,(H,28,32)(H,29,31)/t23-/m0/s1. The Balaban J connectivity index is 1.42. The summed E-state index contributed by atoms with van der Waals surface area (Å²) in [6.45, 7) is 1.08. The Morgan fingerprint density at radius 2 is 1.65 bits per heavy atom. The van der Waals surface area contributed by atoms with Gasteiger partial charge in [0, 0.05) is 24.2 Å². The Bertz CT molecular complexity index is 1110. The van der Waals surface area contributed by atoms with Crippen LogP contribution in [0.4, 0.5) is 4.39 Å². The second kappa shape index (κ2) is 10.8. The molecule has 0 unspecified atom stereocenters. The lowest BCUT2D eigenvalue weighted by Gasteiger charge is -2.35. The molecular formula is C26H26FN3O4. The zero-order valence-electron chi connectivity index (χ0n) is 18.6. The van der Waals surface area contributed by atoms with Crippen LogP contribution in [0.2, 0.25) is 0 Å². The number of carbonyl (C=O) groups excluding carboxylic acids is 3. The van der Waals surface area contributed by atoms with Crippen molar-refractivity contribution in [3.8, 4) is 0 Å². The highest BCUT2D eigenvalue weighted by molar-refractivity contribution is 5.97.